The molecule has 0 aromatic heterocycles. The van der Waals surface area contributed by atoms with Crippen LogP contribution >= 0.6 is 7.60 Å². The van der Waals surface area contributed by atoms with Crippen molar-refractivity contribution >= 4 is 21.6 Å². The first-order chi connectivity index (χ1) is 17.7. The van der Waals surface area contributed by atoms with Crippen molar-refractivity contribution in [1.82, 2.24) is 0 Å². The zero-order valence-corrected chi connectivity index (χ0v) is 26.8. The summed E-state index contributed by atoms with van der Waals surface area (Å²) >= 11 is 0. The number of hydrogen-bond acceptors (Lipinski definition) is 8. The van der Waals surface area contributed by atoms with Gasteiger partial charge in [0.15, 0.2) is 0 Å². The predicted molar refractivity (Wildman–Crippen MR) is 153 cm³/mol. The number of esters is 1. The number of allylic oxidation sites excluding steroid dienone is 1. The third kappa shape index (κ3) is 9.23. The van der Waals surface area contributed by atoms with Crippen LogP contribution in [-0.4, -0.2) is 52.9 Å². The molecule has 2 rings (SSSR count). The highest BCUT2D eigenvalue weighted by atomic mass is 31.2. The lowest BCUT2D eigenvalue weighted by atomic mass is 9.94. The van der Waals surface area contributed by atoms with Gasteiger partial charge in [-0.15, -0.1) is 0 Å². The maximum absolute atomic E-state index is 13.1. The molecule has 216 valence electrons. The van der Waals surface area contributed by atoms with Crippen molar-refractivity contribution in [2.75, 3.05) is 26.7 Å². The van der Waals surface area contributed by atoms with Gasteiger partial charge >= 0.3 is 13.6 Å². The van der Waals surface area contributed by atoms with E-state index in [1.165, 1.54) is 0 Å². The topological polar surface area (TPSA) is 89.5 Å². The second kappa shape index (κ2) is 14.1. The van der Waals surface area contributed by atoms with E-state index in [4.69, 9.17) is 28.0 Å². The highest BCUT2D eigenvalue weighted by Gasteiger charge is 2.33. The predicted octanol–water partition coefficient (Wildman–Crippen LogP) is 7.29. The lowest BCUT2D eigenvalue weighted by Crippen LogP contribution is -2.23. The second-order valence-corrected chi connectivity index (χ2v) is 18.9. The van der Waals surface area contributed by atoms with E-state index in [0.717, 1.165) is 34.7 Å². The average molecular weight is 571 g/mol. The minimum atomic E-state index is -3.38. The van der Waals surface area contributed by atoms with Crippen molar-refractivity contribution in [3.05, 3.63) is 33.9 Å². The molecule has 1 aliphatic heterocycles. The van der Waals surface area contributed by atoms with Gasteiger partial charge in [0, 0.05) is 19.2 Å². The molecule has 8 nitrogen and oxygen atoms in total. The van der Waals surface area contributed by atoms with E-state index in [1.807, 2.05) is 41.5 Å². The Morgan fingerprint density at radius 3 is 2.26 bits per heavy atom. The van der Waals surface area contributed by atoms with Gasteiger partial charge in [-0.3, -0.25) is 4.57 Å². The van der Waals surface area contributed by atoms with E-state index in [9.17, 15) is 9.36 Å². The van der Waals surface area contributed by atoms with Crippen LogP contribution in [0.4, 0.5) is 0 Å². The molecule has 0 fully saturated rings. The zero-order valence-electron chi connectivity index (χ0n) is 24.9. The lowest BCUT2D eigenvalue weighted by molar-refractivity contribution is 0.0532. The van der Waals surface area contributed by atoms with Crippen molar-refractivity contribution in [3.63, 3.8) is 0 Å². The molecule has 0 N–H and O–H groups in total. The second-order valence-electron chi connectivity index (χ2n) is 11.4. The van der Waals surface area contributed by atoms with Gasteiger partial charge in [-0.05, 0) is 64.6 Å². The molecule has 0 saturated carbocycles. The summed E-state index contributed by atoms with van der Waals surface area (Å²) in [5, 5.41) is 0. The molecule has 0 spiro atoms. The molecule has 0 atom stereocenters. The largest absolute Gasteiger partial charge is 0.496 e. The zero-order chi connectivity index (χ0) is 28.7. The van der Waals surface area contributed by atoms with Crippen molar-refractivity contribution in [2.24, 2.45) is 0 Å². The van der Waals surface area contributed by atoms with Crippen molar-refractivity contribution < 1.29 is 37.4 Å². The van der Waals surface area contributed by atoms with E-state index in [-0.39, 0.29) is 37.7 Å². The van der Waals surface area contributed by atoms with Gasteiger partial charge in [-0.2, -0.15) is 0 Å². The summed E-state index contributed by atoms with van der Waals surface area (Å²) in [7, 11) is -3.09. The Labute approximate surface area is 229 Å². The fraction of sp³-hybridized carbons (Fsp3) is 0.679. The molecule has 0 saturated heterocycles. The fourth-order valence-electron chi connectivity index (χ4n) is 4.20. The maximum atomic E-state index is 13.1. The van der Waals surface area contributed by atoms with Gasteiger partial charge < -0.3 is 28.0 Å². The third-order valence-electron chi connectivity index (χ3n) is 6.05. The van der Waals surface area contributed by atoms with Gasteiger partial charge in [-0.1, -0.05) is 32.6 Å². The van der Waals surface area contributed by atoms with Crippen LogP contribution in [-0.2, 0) is 36.1 Å². The Bertz CT molecular complexity index is 1030. The van der Waals surface area contributed by atoms with Crippen LogP contribution in [0, 0.1) is 6.92 Å². The molecule has 0 aliphatic carbocycles. The number of fused-ring (bicyclic) bond motifs is 1. The molecule has 1 aromatic carbocycles. The van der Waals surface area contributed by atoms with Gasteiger partial charge in [-0.25, -0.2) is 4.79 Å². The summed E-state index contributed by atoms with van der Waals surface area (Å²) in [6.07, 6.45) is 2.67. The first kappa shape index (κ1) is 32.6. The number of methoxy groups -OCH3 is 1. The quantitative estimate of drug-likeness (QED) is 0.0886. The number of hydrogen-bond donors (Lipinski definition) is 0. The van der Waals surface area contributed by atoms with Gasteiger partial charge in [0.25, 0.3) is 0 Å². The van der Waals surface area contributed by atoms with Crippen molar-refractivity contribution in [2.45, 2.75) is 98.9 Å². The highest BCUT2D eigenvalue weighted by Crippen LogP contribution is 2.50. The lowest BCUT2D eigenvalue weighted by Gasteiger charge is -2.23. The van der Waals surface area contributed by atoms with E-state index in [2.05, 4.69) is 25.7 Å². The highest BCUT2D eigenvalue weighted by molar-refractivity contribution is 7.53. The first-order valence-electron chi connectivity index (χ1n) is 13.4. The maximum Gasteiger partial charge on any atom is 0.356 e. The number of benzene rings is 1. The standard InChI is InChI=1S/C28H47O8PSi/c1-11-22(16-32-18-37(30,35-19(2)3)36-20(4)5)12-13-23-26(31-7)21(6)24-17-34-28(29)25(24)27(23)33-14-15-38(8,9)10/h12,19-20H,11,13-18H2,1-10H3. The SMILES string of the molecule is CCC(=CCc1c(OC)c(C)c2c(c1OCC[Si](C)(C)C)C(=O)OC2)COCP(=O)(OC(C)C)OC(C)C. The molecule has 0 unspecified atom stereocenters. The smallest absolute Gasteiger partial charge is 0.356 e. The van der Waals surface area contributed by atoms with Crippen LogP contribution in [0.1, 0.15) is 68.1 Å². The molecule has 1 heterocycles. The van der Waals surface area contributed by atoms with E-state index in [1.54, 1.807) is 7.11 Å². The molecule has 0 bridgehead atoms. The van der Waals surface area contributed by atoms with Gasteiger partial charge in [0.05, 0.1) is 32.5 Å². The molecular formula is C28H47O8PSi. The molecule has 0 radical (unpaired) electrons. The van der Waals surface area contributed by atoms with Crippen LogP contribution < -0.4 is 9.47 Å². The summed E-state index contributed by atoms with van der Waals surface area (Å²) in [6.45, 7) is 19.2. The summed E-state index contributed by atoms with van der Waals surface area (Å²) in [5.74, 6) is 0.901. The van der Waals surface area contributed by atoms with Crippen LogP contribution in [0.2, 0.25) is 25.7 Å². The van der Waals surface area contributed by atoms with Crippen LogP contribution in [0.5, 0.6) is 11.5 Å². The summed E-state index contributed by atoms with van der Waals surface area (Å²) in [6, 6.07) is 0.966. The number of carbonyl (C=O) groups is 1. The van der Waals surface area contributed by atoms with E-state index >= 15 is 0 Å². The number of cyclic esters (lactones) is 1. The molecule has 10 heteroatoms. The monoisotopic (exact) mass is 570 g/mol. The van der Waals surface area contributed by atoms with Crippen molar-refractivity contribution in [3.8, 4) is 11.5 Å². The Kier molecular flexibility index (Phi) is 12.1. The van der Waals surface area contributed by atoms with Crippen molar-refractivity contribution in [1.29, 1.82) is 0 Å². The molecule has 38 heavy (non-hydrogen) atoms. The van der Waals surface area contributed by atoms with E-state index in [0.29, 0.717) is 30.1 Å². The fourth-order valence-corrected chi connectivity index (χ4v) is 6.68. The minimum Gasteiger partial charge on any atom is -0.496 e. The first-order valence-corrected chi connectivity index (χ1v) is 18.9. The van der Waals surface area contributed by atoms with Gasteiger partial charge in [0.2, 0.25) is 0 Å². The van der Waals surface area contributed by atoms with E-state index < -0.39 is 15.7 Å². The Morgan fingerprint density at radius 1 is 1.11 bits per heavy atom. The Morgan fingerprint density at radius 2 is 1.74 bits per heavy atom. The minimum absolute atomic E-state index is 0.126. The normalized spacial score (nSPS) is 14.3. The Hall–Kier alpha value is -1.64. The molecule has 0 amide bonds. The van der Waals surface area contributed by atoms with Crippen LogP contribution in [0.3, 0.4) is 0 Å². The average Bonchev–Trinajstić information content (AvgIpc) is 3.17. The molecule has 1 aromatic rings. The summed E-state index contributed by atoms with van der Waals surface area (Å²) in [5.41, 5.74) is 4.06. The summed E-state index contributed by atoms with van der Waals surface area (Å²) in [4.78, 5) is 12.7. The molecular weight excluding hydrogens is 523 g/mol. The van der Waals surface area contributed by atoms with Gasteiger partial charge in [0.1, 0.15) is 30.0 Å². The third-order valence-corrected chi connectivity index (χ3v) is 9.74. The number of rotatable bonds is 16. The summed E-state index contributed by atoms with van der Waals surface area (Å²) < 4.78 is 47.6. The number of carbonyl (C=O) groups excluding carboxylic acids is 1. The van der Waals surface area contributed by atoms with Crippen LogP contribution in [0.15, 0.2) is 11.6 Å². The molecule has 1 aliphatic rings. The number of ether oxygens (including phenoxy) is 4. The Balaban J connectivity index is 2.31. The van der Waals surface area contributed by atoms with Crippen LogP contribution in [0.25, 0.3) is 0 Å².